The molecule has 1 amide bonds. The van der Waals surface area contributed by atoms with Crippen molar-refractivity contribution in [2.24, 2.45) is 0 Å². The van der Waals surface area contributed by atoms with Crippen LogP contribution in [0.25, 0.3) is 0 Å². The van der Waals surface area contributed by atoms with Crippen molar-refractivity contribution in [3.05, 3.63) is 0 Å². The van der Waals surface area contributed by atoms with E-state index in [0.717, 1.165) is 12.8 Å². The number of unbranched alkanes of at least 4 members (excludes halogenated alkanes) is 10. The predicted molar refractivity (Wildman–Crippen MR) is 92.1 cm³/mol. The summed E-state index contributed by atoms with van der Waals surface area (Å²) in [6, 6.07) is -0.736. The Kier molecular flexibility index (Phi) is 19.5. The van der Waals surface area contributed by atoms with Gasteiger partial charge in [-0.15, -0.1) is 0 Å². The molecule has 5 heteroatoms. The molecule has 23 heavy (non-hydrogen) atoms. The third kappa shape index (κ3) is 14.6. The zero-order valence-electron chi connectivity index (χ0n) is 16.8. The minimum Gasteiger partial charge on any atom is -1.00 e. The second-order valence-electron chi connectivity index (χ2n) is 6.30. The van der Waals surface area contributed by atoms with Gasteiger partial charge in [-0.3, -0.25) is 4.79 Å². The molecule has 1 atom stereocenters. The van der Waals surface area contributed by atoms with Crippen LogP contribution in [0.2, 0.25) is 0 Å². The van der Waals surface area contributed by atoms with Crippen LogP contribution in [0.4, 0.5) is 0 Å². The van der Waals surface area contributed by atoms with E-state index in [1.165, 1.54) is 62.7 Å². The molecule has 4 nitrogen and oxygen atoms in total. The number of rotatable bonds is 14. The van der Waals surface area contributed by atoms with Crippen molar-refractivity contribution < 1.29 is 67.5 Å². The molecule has 0 aliphatic carbocycles. The zero-order valence-corrected chi connectivity index (χ0v) is 18.9. The number of hydrogen-bond donors (Lipinski definition) is 1. The van der Waals surface area contributed by atoms with Gasteiger partial charge in [0.25, 0.3) is 0 Å². The Morgan fingerprint density at radius 3 is 1.70 bits per heavy atom. The van der Waals surface area contributed by atoms with E-state index in [1.807, 2.05) is 0 Å². The van der Waals surface area contributed by atoms with E-state index in [9.17, 15) is 9.59 Å². The summed E-state index contributed by atoms with van der Waals surface area (Å²) < 4.78 is 0. The van der Waals surface area contributed by atoms with E-state index in [1.54, 1.807) is 14.0 Å². The molecule has 0 bridgehead atoms. The zero-order chi connectivity index (χ0) is 16.8. The fourth-order valence-corrected chi connectivity index (χ4v) is 2.50. The van der Waals surface area contributed by atoms with Gasteiger partial charge in [0, 0.05) is 13.5 Å². The van der Waals surface area contributed by atoms with Gasteiger partial charge in [0.1, 0.15) is 6.04 Å². The van der Waals surface area contributed by atoms with Crippen molar-refractivity contribution in [3.8, 4) is 0 Å². The van der Waals surface area contributed by atoms with E-state index in [4.69, 9.17) is 5.11 Å². The molecule has 1 unspecified atom stereocenters. The molecule has 1 N–H and O–H groups in total. The first kappa shape index (κ1) is 25.8. The number of amides is 1. The van der Waals surface area contributed by atoms with Gasteiger partial charge in [-0.05, 0) is 13.3 Å². The van der Waals surface area contributed by atoms with Gasteiger partial charge >= 0.3 is 57.4 Å². The predicted octanol–water partition coefficient (Wildman–Crippen LogP) is 1.74. The van der Waals surface area contributed by atoms with Crippen LogP contribution in [0.15, 0.2) is 0 Å². The number of carbonyl (C=O) groups excluding carboxylic acids is 1. The van der Waals surface area contributed by atoms with Crippen LogP contribution >= 0.6 is 0 Å². The largest absolute Gasteiger partial charge is 1.00 e. The first-order valence-corrected chi connectivity index (χ1v) is 8.99. The second kappa shape index (κ2) is 17.4. The topological polar surface area (TPSA) is 57.6 Å². The Morgan fingerprint density at radius 1 is 0.913 bits per heavy atom. The maximum atomic E-state index is 11.8. The fourth-order valence-electron chi connectivity index (χ4n) is 2.50. The van der Waals surface area contributed by atoms with Crippen LogP contribution in [0.5, 0.6) is 0 Å². The number of carbonyl (C=O) groups is 2. The van der Waals surface area contributed by atoms with E-state index < -0.39 is 12.0 Å². The molecule has 0 saturated heterocycles. The molecule has 0 aliphatic rings. The monoisotopic (exact) mass is 353 g/mol. The number of likely N-dealkylation sites (N-methyl/N-ethyl adjacent to an activating group) is 1. The third-order valence-electron chi connectivity index (χ3n) is 4.33. The Bertz CT molecular complexity index is 317. The van der Waals surface area contributed by atoms with E-state index in [2.05, 4.69) is 6.92 Å². The van der Waals surface area contributed by atoms with Crippen molar-refractivity contribution >= 4 is 11.9 Å². The van der Waals surface area contributed by atoms with Crippen LogP contribution in [0, 0.1) is 0 Å². The smallest absolute Gasteiger partial charge is 1.00 e. The number of nitrogens with zero attached hydrogens (tertiary/aromatic N) is 1. The maximum Gasteiger partial charge on any atom is 1.00 e. The molecule has 0 aliphatic heterocycles. The molecule has 0 aromatic heterocycles. The summed E-state index contributed by atoms with van der Waals surface area (Å²) in [6.07, 6.45) is 14.2. The van der Waals surface area contributed by atoms with Gasteiger partial charge in [0.05, 0.1) is 0 Å². The summed E-state index contributed by atoms with van der Waals surface area (Å²) in [6.45, 7) is 3.78. The molecule has 0 saturated carbocycles. The summed E-state index contributed by atoms with van der Waals surface area (Å²) in [5.41, 5.74) is 0. The van der Waals surface area contributed by atoms with E-state index in [0.29, 0.717) is 6.42 Å². The second-order valence-corrected chi connectivity index (χ2v) is 6.30. The van der Waals surface area contributed by atoms with E-state index in [-0.39, 0.29) is 58.7 Å². The van der Waals surface area contributed by atoms with Crippen LogP contribution in [0.3, 0.4) is 0 Å². The quantitative estimate of drug-likeness (QED) is 0.382. The molecule has 0 heterocycles. The average Bonchev–Trinajstić information content (AvgIpc) is 2.50. The van der Waals surface area contributed by atoms with Crippen molar-refractivity contribution in [3.63, 3.8) is 0 Å². The Balaban J connectivity index is -0.00000220. The average molecular weight is 354 g/mol. The third-order valence-corrected chi connectivity index (χ3v) is 4.33. The standard InChI is InChI=1S/C18H35NO3.K.H/c1-4-5-6-7-8-9-10-11-12-13-14-15-17(20)19(3)16(2)18(21)22;;/h16H,4-15H2,1-3H3,(H,21,22);;/q;+1;-1. The summed E-state index contributed by atoms with van der Waals surface area (Å²) in [4.78, 5) is 24.0. The van der Waals surface area contributed by atoms with Crippen molar-refractivity contribution in [2.45, 2.75) is 96.9 Å². The summed E-state index contributed by atoms with van der Waals surface area (Å²) in [5.74, 6) is -1.01. The molecule has 0 radical (unpaired) electrons. The first-order chi connectivity index (χ1) is 10.5. The molecular formula is C18H36KNO3. The summed E-state index contributed by atoms with van der Waals surface area (Å²) in [5, 5.41) is 8.87. The van der Waals surface area contributed by atoms with Gasteiger partial charge in [0.2, 0.25) is 5.91 Å². The molecule has 0 aromatic rings. The van der Waals surface area contributed by atoms with Crippen molar-refractivity contribution in [2.75, 3.05) is 7.05 Å². The van der Waals surface area contributed by atoms with Crippen LogP contribution in [-0.2, 0) is 9.59 Å². The molecule has 0 fully saturated rings. The maximum absolute atomic E-state index is 11.8. The SMILES string of the molecule is CCCCCCCCCCCCCC(=O)N(C)C(C)C(=O)O.[H-].[K+]. The Labute approximate surface area is 186 Å². The van der Waals surface area contributed by atoms with Crippen molar-refractivity contribution in [1.29, 1.82) is 0 Å². The van der Waals surface area contributed by atoms with Crippen molar-refractivity contribution in [1.82, 2.24) is 4.90 Å². The van der Waals surface area contributed by atoms with E-state index >= 15 is 0 Å². The van der Waals surface area contributed by atoms with Crippen LogP contribution < -0.4 is 51.4 Å². The molecule has 0 aromatic carbocycles. The fraction of sp³-hybridized carbons (Fsp3) is 0.889. The minimum absolute atomic E-state index is 0. The van der Waals surface area contributed by atoms with Gasteiger partial charge in [-0.1, -0.05) is 71.1 Å². The summed E-state index contributed by atoms with van der Waals surface area (Å²) in [7, 11) is 1.57. The number of carboxylic acid groups (broad SMARTS) is 1. The van der Waals surface area contributed by atoms with Gasteiger partial charge in [-0.25, -0.2) is 4.79 Å². The van der Waals surface area contributed by atoms with Crippen LogP contribution in [-0.4, -0.2) is 35.0 Å². The molecule has 0 spiro atoms. The first-order valence-electron chi connectivity index (χ1n) is 8.99. The van der Waals surface area contributed by atoms with Gasteiger partial charge in [-0.2, -0.15) is 0 Å². The molecule has 132 valence electrons. The summed E-state index contributed by atoms with van der Waals surface area (Å²) >= 11 is 0. The Morgan fingerprint density at radius 2 is 1.30 bits per heavy atom. The number of carboxylic acids is 1. The van der Waals surface area contributed by atoms with Crippen LogP contribution in [0.1, 0.15) is 92.3 Å². The molecular weight excluding hydrogens is 317 g/mol. The normalized spacial score (nSPS) is 11.6. The molecule has 0 rings (SSSR count). The number of hydrogen-bond acceptors (Lipinski definition) is 2. The number of aliphatic carboxylic acids is 1. The Hall–Kier alpha value is 0.576. The van der Waals surface area contributed by atoms with Gasteiger partial charge < -0.3 is 11.4 Å². The van der Waals surface area contributed by atoms with Gasteiger partial charge in [0.15, 0.2) is 0 Å². The minimum atomic E-state index is -0.949.